The van der Waals surface area contributed by atoms with Crippen LogP contribution >= 0.6 is 11.3 Å². The summed E-state index contributed by atoms with van der Waals surface area (Å²) in [5, 5.41) is 14.5. The average molecular weight is 303 g/mol. The molecule has 0 fully saturated rings. The van der Waals surface area contributed by atoms with Crippen LogP contribution < -0.4 is 5.32 Å². The summed E-state index contributed by atoms with van der Waals surface area (Å²) in [6.45, 7) is 6.24. The number of aryl methyl sites for hydroxylation is 2. The maximum absolute atomic E-state index is 11.1. The number of benzene rings is 1. The van der Waals surface area contributed by atoms with Crippen LogP contribution in [0.4, 0.5) is 0 Å². The van der Waals surface area contributed by atoms with Gasteiger partial charge in [0.05, 0.1) is 12.5 Å². The molecule has 2 atom stereocenters. The molecule has 0 spiro atoms. The van der Waals surface area contributed by atoms with Gasteiger partial charge >= 0.3 is 5.97 Å². The summed E-state index contributed by atoms with van der Waals surface area (Å²) in [5.74, 6) is -0.784. The molecule has 0 amide bonds. The molecule has 2 aromatic rings. The van der Waals surface area contributed by atoms with Gasteiger partial charge in [-0.2, -0.15) is 0 Å². The molecule has 2 unspecified atom stereocenters. The van der Waals surface area contributed by atoms with Crippen LogP contribution in [-0.4, -0.2) is 11.1 Å². The van der Waals surface area contributed by atoms with E-state index in [0.717, 1.165) is 4.88 Å². The van der Waals surface area contributed by atoms with E-state index in [4.69, 9.17) is 5.11 Å². The van der Waals surface area contributed by atoms with Crippen molar-refractivity contribution >= 4 is 17.3 Å². The highest BCUT2D eigenvalue weighted by Crippen LogP contribution is 2.26. The molecule has 0 aliphatic rings. The summed E-state index contributed by atoms with van der Waals surface area (Å²) < 4.78 is 0. The fourth-order valence-electron chi connectivity index (χ4n) is 2.56. The molecule has 1 aromatic carbocycles. The van der Waals surface area contributed by atoms with E-state index < -0.39 is 5.97 Å². The van der Waals surface area contributed by atoms with E-state index in [1.165, 1.54) is 16.7 Å². The number of rotatable bonds is 6. The van der Waals surface area contributed by atoms with Gasteiger partial charge in [0.25, 0.3) is 0 Å². The van der Waals surface area contributed by atoms with Crippen molar-refractivity contribution in [2.24, 2.45) is 0 Å². The minimum Gasteiger partial charge on any atom is -0.481 e. The second kappa shape index (κ2) is 6.87. The third-order valence-corrected chi connectivity index (χ3v) is 4.45. The van der Waals surface area contributed by atoms with Crippen LogP contribution in [0.25, 0.3) is 0 Å². The molecule has 4 heteroatoms. The number of carboxylic acids is 1. The fraction of sp³-hybridized carbons (Fsp3) is 0.353. The van der Waals surface area contributed by atoms with Crippen LogP contribution in [0.1, 0.15) is 47.0 Å². The van der Waals surface area contributed by atoms with Gasteiger partial charge in [0, 0.05) is 10.9 Å². The molecule has 0 bridgehead atoms. The molecule has 2 rings (SSSR count). The zero-order valence-electron chi connectivity index (χ0n) is 12.6. The van der Waals surface area contributed by atoms with E-state index in [1.54, 1.807) is 11.3 Å². The number of hydrogen-bond acceptors (Lipinski definition) is 3. The van der Waals surface area contributed by atoms with Crippen molar-refractivity contribution in [2.45, 2.75) is 39.3 Å². The smallest absolute Gasteiger partial charge is 0.305 e. The Morgan fingerprint density at radius 2 is 1.95 bits per heavy atom. The van der Waals surface area contributed by atoms with Gasteiger partial charge in [-0.1, -0.05) is 35.4 Å². The quantitative estimate of drug-likeness (QED) is 0.839. The third-order valence-electron chi connectivity index (χ3n) is 3.46. The van der Waals surface area contributed by atoms with Gasteiger partial charge in [0.1, 0.15) is 0 Å². The fourth-order valence-corrected chi connectivity index (χ4v) is 3.35. The van der Waals surface area contributed by atoms with Crippen LogP contribution in [0.2, 0.25) is 0 Å². The zero-order valence-corrected chi connectivity index (χ0v) is 13.4. The Morgan fingerprint density at radius 1 is 1.29 bits per heavy atom. The minimum atomic E-state index is -0.784. The lowest BCUT2D eigenvalue weighted by Crippen LogP contribution is -2.26. The van der Waals surface area contributed by atoms with E-state index in [1.807, 2.05) is 17.5 Å². The molecular weight excluding hydrogens is 282 g/mol. The predicted octanol–water partition coefficient (Wildman–Crippen LogP) is 4.23. The molecule has 112 valence electrons. The average Bonchev–Trinajstić information content (AvgIpc) is 2.89. The lowest BCUT2D eigenvalue weighted by molar-refractivity contribution is -0.137. The van der Waals surface area contributed by atoms with E-state index >= 15 is 0 Å². The first kappa shape index (κ1) is 15.7. The molecule has 1 heterocycles. The first-order valence-corrected chi connectivity index (χ1v) is 7.93. The van der Waals surface area contributed by atoms with Crippen molar-refractivity contribution in [2.75, 3.05) is 0 Å². The van der Waals surface area contributed by atoms with Crippen LogP contribution in [0, 0.1) is 13.8 Å². The minimum absolute atomic E-state index is 0.0929. The van der Waals surface area contributed by atoms with Crippen molar-refractivity contribution in [3.8, 4) is 0 Å². The highest BCUT2D eigenvalue weighted by atomic mass is 32.1. The summed E-state index contributed by atoms with van der Waals surface area (Å²) in [7, 11) is 0. The maximum atomic E-state index is 11.1. The molecule has 2 N–H and O–H groups in total. The van der Waals surface area contributed by atoms with Gasteiger partial charge in [-0.3, -0.25) is 4.79 Å². The van der Waals surface area contributed by atoms with Crippen molar-refractivity contribution in [1.29, 1.82) is 0 Å². The molecule has 0 saturated carbocycles. The van der Waals surface area contributed by atoms with Crippen LogP contribution in [0.15, 0.2) is 35.7 Å². The number of nitrogens with one attached hydrogen (secondary N) is 1. The van der Waals surface area contributed by atoms with Crippen LogP contribution in [-0.2, 0) is 4.79 Å². The Morgan fingerprint density at radius 3 is 2.48 bits per heavy atom. The lowest BCUT2D eigenvalue weighted by atomic mass is 10.0. The molecule has 21 heavy (non-hydrogen) atoms. The summed E-state index contributed by atoms with van der Waals surface area (Å²) in [6, 6.07) is 10.3. The number of hydrogen-bond donors (Lipinski definition) is 2. The number of carbonyl (C=O) groups is 1. The normalized spacial score (nSPS) is 13.9. The van der Waals surface area contributed by atoms with E-state index in [9.17, 15) is 4.79 Å². The third kappa shape index (κ3) is 4.41. The summed E-state index contributed by atoms with van der Waals surface area (Å²) in [5.41, 5.74) is 3.65. The van der Waals surface area contributed by atoms with E-state index in [-0.39, 0.29) is 18.5 Å². The molecule has 0 saturated heterocycles. The van der Waals surface area contributed by atoms with E-state index in [2.05, 4.69) is 44.3 Å². The number of aliphatic carboxylic acids is 1. The highest BCUT2D eigenvalue weighted by Gasteiger charge is 2.19. The molecular formula is C17H21NO2S. The maximum Gasteiger partial charge on any atom is 0.305 e. The summed E-state index contributed by atoms with van der Waals surface area (Å²) in [6.07, 6.45) is 0.0929. The molecule has 0 radical (unpaired) electrons. The Bertz CT molecular complexity index is 587. The molecule has 1 aromatic heterocycles. The first-order valence-electron chi connectivity index (χ1n) is 7.05. The second-order valence-corrected chi connectivity index (χ2v) is 6.45. The van der Waals surface area contributed by atoms with Gasteiger partial charge in [-0.05, 0) is 37.8 Å². The Hall–Kier alpha value is -1.65. The molecule has 0 aliphatic carbocycles. The second-order valence-electron chi connectivity index (χ2n) is 5.48. The summed E-state index contributed by atoms with van der Waals surface area (Å²) >= 11 is 1.59. The van der Waals surface area contributed by atoms with Gasteiger partial charge in [0.15, 0.2) is 0 Å². The lowest BCUT2D eigenvalue weighted by Gasteiger charge is -2.22. The topological polar surface area (TPSA) is 49.3 Å². The summed E-state index contributed by atoms with van der Waals surface area (Å²) in [4.78, 5) is 12.2. The standard InChI is InChI=1S/C17H21NO2S/c1-11-7-12(2)9-14(8-11)13(3)18-15(10-17(19)20)16-5-4-6-21-16/h4-9,13,15,18H,10H2,1-3H3,(H,19,20). The van der Waals surface area contributed by atoms with Gasteiger partial charge < -0.3 is 10.4 Å². The SMILES string of the molecule is Cc1cc(C)cc(C(C)NC(CC(=O)O)c2cccs2)c1. The van der Waals surface area contributed by atoms with Crippen LogP contribution in [0.5, 0.6) is 0 Å². The Labute approximate surface area is 129 Å². The van der Waals surface area contributed by atoms with Crippen molar-refractivity contribution in [3.05, 3.63) is 57.3 Å². The van der Waals surface area contributed by atoms with Crippen LogP contribution in [0.3, 0.4) is 0 Å². The monoisotopic (exact) mass is 303 g/mol. The predicted molar refractivity (Wildman–Crippen MR) is 86.8 cm³/mol. The number of thiophene rings is 1. The van der Waals surface area contributed by atoms with Gasteiger partial charge in [-0.15, -0.1) is 11.3 Å². The van der Waals surface area contributed by atoms with Gasteiger partial charge in [0.2, 0.25) is 0 Å². The van der Waals surface area contributed by atoms with Crippen molar-refractivity contribution in [3.63, 3.8) is 0 Å². The van der Waals surface area contributed by atoms with Crippen molar-refractivity contribution in [1.82, 2.24) is 5.32 Å². The zero-order chi connectivity index (χ0) is 15.4. The highest BCUT2D eigenvalue weighted by molar-refractivity contribution is 7.10. The largest absolute Gasteiger partial charge is 0.481 e. The molecule has 0 aliphatic heterocycles. The molecule has 3 nitrogen and oxygen atoms in total. The Balaban J connectivity index is 2.17. The van der Waals surface area contributed by atoms with Gasteiger partial charge in [-0.25, -0.2) is 0 Å². The first-order chi connectivity index (χ1) is 9.95. The van der Waals surface area contributed by atoms with Crippen molar-refractivity contribution < 1.29 is 9.90 Å². The van der Waals surface area contributed by atoms with E-state index in [0.29, 0.717) is 0 Å². The number of carboxylic acid groups (broad SMARTS) is 1. The Kier molecular flexibility index (Phi) is 5.15.